The lowest BCUT2D eigenvalue weighted by Gasteiger charge is -2.38. The number of nitrogens with zero attached hydrogens (tertiary/aromatic N) is 1. The highest BCUT2D eigenvalue weighted by Gasteiger charge is 2.34. The van der Waals surface area contributed by atoms with Gasteiger partial charge in [0.1, 0.15) is 8.24 Å². The molecule has 1 N–H and O–H groups in total. The second-order valence-electron chi connectivity index (χ2n) is 5.83. The van der Waals surface area contributed by atoms with Gasteiger partial charge in [-0.1, -0.05) is 47.7 Å². The summed E-state index contributed by atoms with van der Waals surface area (Å²) in [6, 6.07) is 0. The molecule has 0 heterocycles. The minimum atomic E-state index is -1.27. The predicted octanol–water partition coefficient (Wildman–Crippen LogP) is 2.92. The fraction of sp³-hybridized carbons (Fsp3) is 1.00. The topological polar surface area (TPSA) is 15.3 Å². The van der Waals surface area contributed by atoms with Crippen LogP contribution >= 0.6 is 0 Å². The summed E-state index contributed by atoms with van der Waals surface area (Å²) < 4.78 is 0. The molecule has 0 spiro atoms. The zero-order valence-electron chi connectivity index (χ0n) is 11.8. The number of nitrogens with one attached hydrogen (secondary N) is 1. The third-order valence-corrected chi connectivity index (χ3v) is 8.65. The van der Waals surface area contributed by atoms with Crippen LogP contribution in [0.3, 0.4) is 0 Å². The van der Waals surface area contributed by atoms with Crippen molar-refractivity contribution in [2.45, 2.75) is 52.8 Å². The summed E-state index contributed by atoms with van der Waals surface area (Å²) in [5, 5.41) is 0.441. The fourth-order valence-electron chi connectivity index (χ4n) is 1.33. The average molecular weight is 230 g/mol. The van der Waals surface area contributed by atoms with Crippen LogP contribution < -0.4 is 4.98 Å². The lowest BCUT2D eigenvalue weighted by Crippen LogP contribution is -2.53. The van der Waals surface area contributed by atoms with E-state index >= 15 is 0 Å². The smallest absolute Gasteiger partial charge is 0.124 e. The van der Waals surface area contributed by atoms with Crippen LogP contribution in [0, 0.1) is 0 Å². The maximum atomic E-state index is 3.80. The summed E-state index contributed by atoms with van der Waals surface area (Å²) in [5.74, 6) is 0. The van der Waals surface area contributed by atoms with E-state index < -0.39 is 8.24 Å². The first-order valence-electron chi connectivity index (χ1n) is 6.22. The molecule has 0 amide bonds. The summed E-state index contributed by atoms with van der Waals surface area (Å²) in [6.45, 7) is 21.0. The molecule has 0 aliphatic rings. The molecule has 0 atom stereocenters. The summed E-state index contributed by atoms with van der Waals surface area (Å²) in [5.41, 5.74) is 0. The zero-order valence-corrected chi connectivity index (χ0v) is 12.8. The van der Waals surface area contributed by atoms with Gasteiger partial charge in [-0.25, -0.2) is 0 Å². The standard InChI is InChI=1S/C12H30N2Si/c1-8-14(9-2)11-10-13-15(6,7)12(3,4)5/h13H,8-11H2,1-7H3. The maximum Gasteiger partial charge on any atom is 0.124 e. The largest absolute Gasteiger partial charge is 0.336 e. The van der Waals surface area contributed by atoms with Crippen LogP contribution in [-0.2, 0) is 0 Å². The highest BCUT2D eigenvalue weighted by atomic mass is 28.3. The minimum absolute atomic E-state index is 0.441. The molecule has 0 aliphatic heterocycles. The van der Waals surface area contributed by atoms with Gasteiger partial charge in [-0.05, 0) is 18.1 Å². The van der Waals surface area contributed by atoms with Gasteiger partial charge in [0.2, 0.25) is 0 Å². The predicted molar refractivity (Wildman–Crippen MR) is 73.0 cm³/mol. The number of rotatable bonds is 6. The lowest BCUT2D eigenvalue weighted by molar-refractivity contribution is 0.308. The number of hydrogen-bond acceptors (Lipinski definition) is 2. The minimum Gasteiger partial charge on any atom is -0.336 e. The molecular formula is C12H30N2Si. The van der Waals surface area contributed by atoms with Crippen molar-refractivity contribution in [3.05, 3.63) is 0 Å². The van der Waals surface area contributed by atoms with Gasteiger partial charge in [0, 0.05) is 13.1 Å². The molecule has 0 saturated carbocycles. The Morgan fingerprint density at radius 1 is 1.07 bits per heavy atom. The normalized spacial score (nSPS) is 13.6. The molecule has 0 radical (unpaired) electrons. The van der Waals surface area contributed by atoms with Crippen LogP contribution in [0.15, 0.2) is 0 Å². The van der Waals surface area contributed by atoms with E-state index in [4.69, 9.17) is 0 Å². The molecule has 0 rings (SSSR count). The molecule has 0 saturated heterocycles. The number of hydrogen-bond donors (Lipinski definition) is 1. The monoisotopic (exact) mass is 230 g/mol. The lowest BCUT2D eigenvalue weighted by atomic mass is 10.2. The van der Waals surface area contributed by atoms with E-state index in [1.807, 2.05) is 0 Å². The van der Waals surface area contributed by atoms with Crippen molar-refractivity contribution in [2.75, 3.05) is 26.2 Å². The van der Waals surface area contributed by atoms with Crippen molar-refractivity contribution >= 4 is 8.24 Å². The van der Waals surface area contributed by atoms with Gasteiger partial charge >= 0.3 is 0 Å². The molecule has 2 nitrogen and oxygen atoms in total. The quantitative estimate of drug-likeness (QED) is 0.706. The Labute approximate surface area is 97.5 Å². The Morgan fingerprint density at radius 2 is 1.53 bits per heavy atom. The van der Waals surface area contributed by atoms with Gasteiger partial charge in [0.05, 0.1) is 0 Å². The van der Waals surface area contributed by atoms with E-state index in [1.54, 1.807) is 0 Å². The van der Waals surface area contributed by atoms with Crippen molar-refractivity contribution in [2.24, 2.45) is 0 Å². The Kier molecular flexibility index (Phi) is 6.07. The van der Waals surface area contributed by atoms with Crippen molar-refractivity contribution in [1.29, 1.82) is 0 Å². The van der Waals surface area contributed by atoms with E-state index in [2.05, 4.69) is 57.6 Å². The molecule has 0 aromatic rings. The molecular weight excluding hydrogens is 200 g/mol. The molecule has 0 fully saturated rings. The van der Waals surface area contributed by atoms with Crippen molar-refractivity contribution < 1.29 is 0 Å². The van der Waals surface area contributed by atoms with Crippen LogP contribution in [0.5, 0.6) is 0 Å². The van der Waals surface area contributed by atoms with Gasteiger partial charge < -0.3 is 9.88 Å². The molecule has 0 bridgehead atoms. The van der Waals surface area contributed by atoms with Gasteiger partial charge in [-0.2, -0.15) is 0 Å². The third-order valence-electron chi connectivity index (χ3n) is 3.76. The van der Waals surface area contributed by atoms with E-state index in [1.165, 1.54) is 6.54 Å². The van der Waals surface area contributed by atoms with E-state index in [0.717, 1.165) is 19.6 Å². The SMILES string of the molecule is CCN(CC)CCN[Si](C)(C)C(C)(C)C. The summed E-state index contributed by atoms with van der Waals surface area (Å²) in [7, 11) is -1.27. The Morgan fingerprint density at radius 3 is 1.87 bits per heavy atom. The second-order valence-corrected chi connectivity index (χ2v) is 10.9. The highest BCUT2D eigenvalue weighted by Crippen LogP contribution is 2.33. The molecule has 0 aromatic carbocycles. The van der Waals surface area contributed by atoms with Gasteiger partial charge in [-0.15, -0.1) is 0 Å². The molecule has 3 heteroatoms. The van der Waals surface area contributed by atoms with Gasteiger partial charge in [0.25, 0.3) is 0 Å². The first-order chi connectivity index (χ1) is 6.74. The van der Waals surface area contributed by atoms with E-state index in [9.17, 15) is 0 Å². The Hall–Kier alpha value is 0.137. The van der Waals surface area contributed by atoms with Crippen LogP contribution in [0.4, 0.5) is 0 Å². The molecule has 0 unspecified atom stereocenters. The summed E-state index contributed by atoms with van der Waals surface area (Å²) in [6.07, 6.45) is 0. The Bertz CT molecular complexity index is 169. The summed E-state index contributed by atoms with van der Waals surface area (Å²) >= 11 is 0. The van der Waals surface area contributed by atoms with Crippen molar-refractivity contribution in [3.63, 3.8) is 0 Å². The second kappa shape index (κ2) is 6.02. The first-order valence-corrected chi connectivity index (χ1v) is 9.22. The van der Waals surface area contributed by atoms with Crippen LogP contribution in [0.2, 0.25) is 18.1 Å². The highest BCUT2D eigenvalue weighted by molar-refractivity contribution is 6.77. The maximum absolute atomic E-state index is 3.80. The first kappa shape index (κ1) is 15.1. The van der Waals surface area contributed by atoms with Crippen LogP contribution in [0.1, 0.15) is 34.6 Å². The molecule has 92 valence electrons. The molecule has 15 heavy (non-hydrogen) atoms. The third kappa shape index (κ3) is 5.14. The zero-order chi connectivity index (χ0) is 12.1. The van der Waals surface area contributed by atoms with Crippen molar-refractivity contribution in [1.82, 2.24) is 9.88 Å². The van der Waals surface area contributed by atoms with E-state index in [0.29, 0.717) is 5.04 Å². The molecule has 0 aromatic heterocycles. The van der Waals surface area contributed by atoms with Gasteiger partial charge in [-0.3, -0.25) is 0 Å². The fourth-order valence-corrected chi connectivity index (χ4v) is 2.60. The van der Waals surface area contributed by atoms with Crippen LogP contribution in [-0.4, -0.2) is 39.3 Å². The Balaban J connectivity index is 3.95. The molecule has 0 aliphatic carbocycles. The van der Waals surface area contributed by atoms with Crippen LogP contribution in [0.25, 0.3) is 0 Å². The van der Waals surface area contributed by atoms with Crippen molar-refractivity contribution in [3.8, 4) is 0 Å². The number of likely N-dealkylation sites (N-methyl/N-ethyl adjacent to an activating group) is 1. The van der Waals surface area contributed by atoms with Gasteiger partial charge in [0.15, 0.2) is 0 Å². The summed E-state index contributed by atoms with van der Waals surface area (Å²) in [4.78, 5) is 6.27. The average Bonchev–Trinajstić information content (AvgIpc) is 2.10. The van der Waals surface area contributed by atoms with E-state index in [-0.39, 0.29) is 0 Å².